The molecule has 2 unspecified atom stereocenters. The number of esters is 1. The van der Waals surface area contributed by atoms with E-state index in [0.29, 0.717) is 28.8 Å². The first-order valence-corrected chi connectivity index (χ1v) is 11.0. The Hall–Kier alpha value is -2.41. The van der Waals surface area contributed by atoms with E-state index in [0.717, 1.165) is 57.4 Å². The highest BCUT2D eigenvalue weighted by Crippen LogP contribution is 2.27. The van der Waals surface area contributed by atoms with E-state index in [2.05, 4.69) is 12.2 Å². The van der Waals surface area contributed by atoms with Crippen LogP contribution in [-0.4, -0.2) is 73.5 Å². The molecule has 0 radical (unpaired) electrons. The van der Waals surface area contributed by atoms with Crippen molar-refractivity contribution >= 4 is 23.5 Å². The summed E-state index contributed by atoms with van der Waals surface area (Å²) < 4.78 is 5.46. The van der Waals surface area contributed by atoms with Crippen molar-refractivity contribution in [2.45, 2.75) is 39.5 Å². The van der Waals surface area contributed by atoms with Crippen molar-refractivity contribution in [1.82, 2.24) is 4.90 Å². The van der Waals surface area contributed by atoms with Gasteiger partial charge in [0.15, 0.2) is 6.54 Å². The molecule has 0 aliphatic carbocycles. The molecule has 0 aromatic heterocycles. The fourth-order valence-corrected chi connectivity index (χ4v) is 4.86. The van der Waals surface area contributed by atoms with Gasteiger partial charge in [0.1, 0.15) is 0 Å². The number of nitrogens with zero attached hydrogens (tertiary/aromatic N) is 2. The van der Waals surface area contributed by atoms with Gasteiger partial charge >= 0.3 is 5.97 Å². The minimum absolute atomic E-state index is 0.00584. The highest BCUT2D eigenvalue weighted by Gasteiger charge is 2.40. The third kappa shape index (κ3) is 4.83. The number of amides is 2. The van der Waals surface area contributed by atoms with Crippen LogP contribution in [0.4, 0.5) is 5.69 Å². The van der Waals surface area contributed by atoms with Crippen LogP contribution >= 0.6 is 0 Å². The van der Waals surface area contributed by atoms with Crippen LogP contribution in [0.5, 0.6) is 0 Å². The molecule has 2 amide bonds. The van der Waals surface area contributed by atoms with Crippen molar-refractivity contribution in [3.05, 3.63) is 29.3 Å². The molecule has 2 aliphatic heterocycles. The van der Waals surface area contributed by atoms with Gasteiger partial charge in [-0.2, -0.15) is 0 Å². The minimum Gasteiger partial charge on any atom is -0.465 e. The van der Waals surface area contributed by atoms with Gasteiger partial charge < -0.3 is 19.4 Å². The minimum atomic E-state index is -0.470. The predicted octanol–water partition coefficient (Wildman–Crippen LogP) is 2.59. The lowest BCUT2D eigenvalue weighted by Gasteiger charge is -2.43. The number of likely N-dealkylation sites (tertiary alicyclic amines) is 2. The van der Waals surface area contributed by atoms with Gasteiger partial charge in [-0.1, -0.05) is 12.1 Å². The zero-order chi connectivity index (χ0) is 21.7. The first kappa shape index (κ1) is 22.3. The standard InChI is InChI=1S/C23H33N3O4/c1-4-26(14-8-10-18(15-26)22(28)25-12-5-6-13-25)16-20(27)24-21-17(2)9-7-11-19(21)23(29)30-3/h7,9,11,18H,4-6,8,10,12-16H2,1-3H3/p+1. The van der Waals surface area contributed by atoms with Crippen LogP contribution in [0.3, 0.4) is 0 Å². The molecule has 2 heterocycles. The van der Waals surface area contributed by atoms with Gasteiger partial charge in [-0.15, -0.1) is 0 Å². The van der Waals surface area contributed by atoms with Crippen molar-refractivity contribution in [3.63, 3.8) is 0 Å². The van der Waals surface area contributed by atoms with Gasteiger partial charge in [-0.25, -0.2) is 4.79 Å². The summed E-state index contributed by atoms with van der Waals surface area (Å²) >= 11 is 0. The van der Waals surface area contributed by atoms with Gasteiger partial charge in [0.05, 0.1) is 43.9 Å². The van der Waals surface area contributed by atoms with E-state index >= 15 is 0 Å². The van der Waals surface area contributed by atoms with Crippen molar-refractivity contribution < 1.29 is 23.6 Å². The van der Waals surface area contributed by atoms with Gasteiger partial charge in [-0.05, 0) is 51.2 Å². The van der Waals surface area contributed by atoms with Crippen LogP contribution in [0, 0.1) is 12.8 Å². The topological polar surface area (TPSA) is 75.7 Å². The van der Waals surface area contributed by atoms with Gasteiger partial charge in [0.25, 0.3) is 5.91 Å². The number of anilines is 1. The number of carbonyl (C=O) groups excluding carboxylic acids is 3. The van der Waals surface area contributed by atoms with Crippen LogP contribution in [0.2, 0.25) is 0 Å². The lowest BCUT2D eigenvalue weighted by molar-refractivity contribution is -0.925. The van der Waals surface area contributed by atoms with E-state index in [9.17, 15) is 14.4 Å². The summed E-state index contributed by atoms with van der Waals surface area (Å²) in [6.45, 7) is 8.38. The van der Waals surface area contributed by atoms with E-state index < -0.39 is 5.97 Å². The molecule has 1 aromatic carbocycles. The Morgan fingerprint density at radius 1 is 1.20 bits per heavy atom. The number of methoxy groups -OCH3 is 1. The molecule has 0 bridgehead atoms. The zero-order valence-electron chi connectivity index (χ0n) is 18.4. The van der Waals surface area contributed by atoms with Crippen LogP contribution < -0.4 is 5.32 Å². The molecule has 7 nitrogen and oxygen atoms in total. The first-order chi connectivity index (χ1) is 14.4. The van der Waals surface area contributed by atoms with Gasteiger partial charge in [0.2, 0.25) is 5.91 Å². The molecule has 2 aliphatic rings. The number of aryl methyl sites for hydroxylation is 1. The molecule has 164 valence electrons. The third-order valence-electron chi connectivity index (χ3n) is 6.65. The Labute approximate surface area is 179 Å². The molecule has 30 heavy (non-hydrogen) atoms. The Morgan fingerprint density at radius 3 is 2.60 bits per heavy atom. The van der Waals surface area contributed by atoms with Crippen LogP contribution in [0.15, 0.2) is 18.2 Å². The number of quaternary nitrogens is 1. The molecule has 1 N–H and O–H groups in total. The Morgan fingerprint density at radius 2 is 1.93 bits per heavy atom. The number of rotatable bonds is 6. The number of carbonyl (C=O) groups is 3. The van der Waals surface area contributed by atoms with Gasteiger partial charge in [-0.3, -0.25) is 9.59 Å². The van der Waals surface area contributed by atoms with Gasteiger partial charge in [0, 0.05) is 13.1 Å². The second-order valence-corrected chi connectivity index (χ2v) is 8.63. The smallest absolute Gasteiger partial charge is 0.339 e. The van der Waals surface area contributed by atoms with Crippen LogP contribution in [-0.2, 0) is 14.3 Å². The van der Waals surface area contributed by atoms with E-state index in [4.69, 9.17) is 4.74 Å². The number of ether oxygens (including phenoxy) is 1. The molecule has 7 heteroatoms. The Bertz CT molecular complexity index is 804. The van der Waals surface area contributed by atoms with Crippen molar-refractivity contribution in [2.24, 2.45) is 5.92 Å². The molecule has 0 spiro atoms. The number of hydrogen-bond acceptors (Lipinski definition) is 4. The monoisotopic (exact) mass is 416 g/mol. The summed E-state index contributed by atoms with van der Waals surface area (Å²) in [5, 5.41) is 2.95. The molecule has 1 aromatic rings. The lowest BCUT2D eigenvalue weighted by Crippen LogP contribution is -2.59. The lowest BCUT2D eigenvalue weighted by atomic mass is 9.94. The third-order valence-corrected chi connectivity index (χ3v) is 6.65. The predicted molar refractivity (Wildman–Crippen MR) is 115 cm³/mol. The Balaban J connectivity index is 1.71. The highest BCUT2D eigenvalue weighted by atomic mass is 16.5. The highest BCUT2D eigenvalue weighted by molar-refractivity contribution is 6.02. The van der Waals surface area contributed by atoms with Crippen molar-refractivity contribution in [2.75, 3.05) is 51.7 Å². The average Bonchev–Trinajstić information content (AvgIpc) is 3.29. The molecule has 3 rings (SSSR count). The summed E-state index contributed by atoms with van der Waals surface area (Å²) in [7, 11) is 1.33. The summed E-state index contributed by atoms with van der Waals surface area (Å²) in [4.78, 5) is 40.1. The maximum atomic E-state index is 13.0. The first-order valence-electron chi connectivity index (χ1n) is 11.0. The zero-order valence-corrected chi connectivity index (χ0v) is 18.4. The Kier molecular flexibility index (Phi) is 7.13. The van der Waals surface area contributed by atoms with E-state index in [1.54, 1.807) is 12.1 Å². The molecular formula is C23H34N3O4+. The largest absolute Gasteiger partial charge is 0.465 e. The molecular weight excluding hydrogens is 382 g/mol. The quantitative estimate of drug-likeness (QED) is 0.571. The second-order valence-electron chi connectivity index (χ2n) is 8.63. The number of hydrogen-bond donors (Lipinski definition) is 1. The summed E-state index contributed by atoms with van der Waals surface area (Å²) in [5.41, 5.74) is 1.68. The fourth-order valence-electron chi connectivity index (χ4n) is 4.86. The number of likely N-dealkylation sites (N-methyl/N-ethyl adjacent to an activating group) is 1. The van der Waals surface area contributed by atoms with Crippen molar-refractivity contribution in [3.8, 4) is 0 Å². The molecule has 2 atom stereocenters. The fraction of sp³-hybridized carbons (Fsp3) is 0.609. The summed E-state index contributed by atoms with van der Waals surface area (Å²) in [6.07, 6.45) is 4.03. The number of nitrogens with one attached hydrogen (secondary N) is 1. The van der Waals surface area contributed by atoms with Crippen LogP contribution in [0.25, 0.3) is 0 Å². The molecule has 2 saturated heterocycles. The maximum absolute atomic E-state index is 13.0. The summed E-state index contributed by atoms with van der Waals surface area (Å²) in [5.74, 6) is -0.350. The number of piperidine rings is 1. The van der Waals surface area contributed by atoms with E-state index in [-0.39, 0.29) is 17.7 Å². The number of para-hydroxylation sites is 1. The van der Waals surface area contributed by atoms with Crippen molar-refractivity contribution in [1.29, 1.82) is 0 Å². The summed E-state index contributed by atoms with van der Waals surface area (Å²) in [6, 6.07) is 5.29. The van der Waals surface area contributed by atoms with E-state index in [1.165, 1.54) is 7.11 Å². The SMILES string of the molecule is CC[N+]1(CC(=O)Nc2c(C)cccc2C(=O)OC)CCCC(C(=O)N2CCCC2)C1. The normalized spacial score (nSPS) is 23.8. The van der Waals surface area contributed by atoms with Crippen LogP contribution in [0.1, 0.15) is 48.5 Å². The van der Waals surface area contributed by atoms with E-state index in [1.807, 2.05) is 17.9 Å². The molecule has 0 saturated carbocycles. The average molecular weight is 417 g/mol. The number of benzene rings is 1. The second kappa shape index (κ2) is 9.60. The molecule has 2 fully saturated rings. The maximum Gasteiger partial charge on any atom is 0.339 e.